The van der Waals surface area contributed by atoms with Crippen molar-refractivity contribution in [2.24, 2.45) is 0 Å². The molecule has 2 aromatic rings. The van der Waals surface area contributed by atoms with Gasteiger partial charge in [-0.3, -0.25) is 0 Å². The lowest BCUT2D eigenvalue weighted by atomic mass is 10.2. The molecule has 1 N–H and O–H groups in total. The molecule has 0 aliphatic heterocycles. The van der Waals surface area contributed by atoms with Gasteiger partial charge in [0.05, 0.1) is 5.02 Å². The Morgan fingerprint density at radius 1 is 1.29 bits per heavy atom. The highest BCUT2D eigenvalue weighted by atomic mass is 35.5. The molecule has 92 valence electrons. The molecule has 3 nitrogen and oxygen atoms in total. The lowest BCUT2D eigenvalue weighted by Gasteiger charge is -2.00. The Labute approximate surface area is 109 Å². The summed E-state index contributed by atoms with van der Waals surface area (Å²) < 4.78 is 27.8. The molecule has 0 spiro atoms. The monoisotopic (exact) mass is 298 g/mol. The molecule has 0 radical (unpaired) electrons. The van der Waals surface area contributed by atoms with Crippen LogP contribution in [0.3, 0.4) is 0 Å². The maximum absolute atomic E-state index is 9.81. The molecule has 0 saturated heterocycles. The van der Waals surface area contributed by atoms with E-state index in [4.69, 9.17) is 27.4 Å². The third kappa shape index (κ3) is 4.80. The van der Waals surface area contributed by atoms with Crippen molar-refractivity contribution in [2.75, 3.05) is 0 Å². The standard InChI is InChI=1S/C9H6Cl2N2.F2OS/c10-6-1-2-7(8(11)5-6)9-12-3-4-13-9;1-4(2)3/h1-5H,(H,12,13);. The van der Waals surface area contributed by atoms with Crippen molar-refractivity contribution in [3.05, 3.63) is 40.6 Å². The average molecular weight is 299 g/mol. The Balaban J connectivity index is 0.000000317. The van der Waals surface area contributed by atoms with Gasteiger partial charge in [-0.1, -0.05) is 31.0 Å². The van der Waals surface area contributed by atoms with Crippen LogP contribution in [0.1, 0.15) is 0 Å². The Morgan fingerprint density at radius 2 is 1.94 bits per heavy atom. The summed E-state index contributed by atoms with van der Waals surface area (Å²) in [4.78, 5) is 7.07. The topological polar surface area (TPSA) is 45.8 Å². The normalized spacial score (nSPS) is 9.94. The Bertz CT molecular complexity index is 504. The van der Waals surface area contributed by atoms with Crippen molar-refractivity contribution in [3.63, 3.8) is 0 Å². The highest BCUT2D eigenvalue weighted by Gasteiger charge is 2.04. The summed E-state index contributed by atoms with van der Waals surface area (Å²) in [6.07, 6.45) is 3.43. The number of nitrogens with one attached hydrogen (secondary N) is 1. The van der Waals surface area contributed by atoms with E-state index >= 15 is 0 Å². The lowest BCUT2D eigenvalue weighted by molar-refractivity contribution is 0.602. The first-order valence-electron chi connectivity index (χ1n) is 4.20. The van der Waals surface area contributed by atoms with Crippen LogP contribution in [0.2, 0.25) is 10.0 Å². The van der Waals surface area contributed by atoms with Crippen LogP contribution in [-0.2, 0) is 11.6 Å². The van der Waals surface area contributed by atoms with E-state index in [1.165, 1.54) is 0 Å². The largest absolute Gasteiger partial charge is 0.385 e. The molecule has 17 heavy (non-hydrogen) atoms. The third-order valence-corrected chi connectivity index (χ3v) is 2.23. The van der Waals surface area contributed by atoms with Gasteiger partial charge < -0.3 is 4.98 Å². The molecule has 0 atom stereocenters. The van der Waals surface area contributed by atoms with Gasteiger partial charge in [-0.15, -0.1) is 0 Å². The zero-order valence-electron chi connectivity index (χ0n) is 8.16. The zero-order chi connectivity index (χ0) is 12.8. The molecule has 8 heteroatoms. The van der Waals surface area contributed by atoms with Crippen LogP contribution in [0.5, 0.6) is 0 Å². The Morgan fingerprint density at radius 3 is 2.41 bits per heavy atom. The van der Waals surface area contributed by atoms with Crippen LogP contribution in [0.4, 0.5) is 7.77 Å². The summed E-state index contributed by atoms with van der Waals surface area (Å²) in [6.45, 7) is 0. The second-order valence-corrected chi connectivity index (χ2v) is 3.96. The molecule has 2 rings (SSSR count). The van der Waals surface area contributed by atoms with Gasteiger partial charge in [0, 0.05) is 23.0 Å². The number of halogens is 4. The van der Waals surface area contributed by atoms with Crippen LogP contribution in [-0.4, -0.2) is 14.2 Å². The van der Waals surface area contributed by atoms with Gasteiger partial charge >= 0.3 is 11.6 Å². The van der Waals surface area contributed by atoms with Gasteiger partial charge in [0.2, 0.25) is 0 Å². The molecule has 0 unspecified atom stereocenters. The Kier molecular flexibility index (Phi) is 5.54. The number of imidazole rings is 1. The van der Waals surface area contributed by atoms with Crippen LogP contribution in [0, 0.1) is 0 Å². The number of hydrogen-bond donors (Lipinski definition) is 1. The van der Waals surface area contributed by atoms with E-state index in [-0.39, 0.29) is 0 Å². The second-order valence-electron chi connectivity index (χ2n) is 2.75. The van der Waals surface area contributed by atoms with E-state index in [1.54, 1.807) is 24.5 Å². The third-order valence-electron chi connectivity index (χ3n) is 1.68. The number of nitrogens with zero attached hydrogens (tertiary/aromatic N) is 1. The van der Waals surface area contributed by atoms with E-state index in [0.717, 1.165) is 11.4 Å². The van der Waals surface area contributed by atoms with Gasteiger partial charge in [0.25, 0.3) is 0 Å². The quantitative estimate of drug-likeness (QED) is 0.812. The van der Waals surface area contributed by atoms with E-state index < -0.39 is 11.6 Å². The first-order valence-corrected chi connectivity index (χ1v) is 5.90. The first-order chi connectivity index (χ1) is 8.00. The molecule has 0 bridgehead atoms. The van der Waals surface area contributed by atoms with Gasteiger partial charge in [-0.05, 0) is 18.2 Å². The lowest BCUT2D eigenvalue weighted by Crippen LogP contribution is -1.81. The number of benzene rings is 1. The van der Waals surface area contributed by atoms with Crippen molar-refractivity contribution >= 4 is 34.8 Å². The van der Waals surface area contributed by atoms with E-state index in [9.17, 15) is 7.77 Å². The number of hydrogen-bond acceptors (Lipinski definition) is 2. The fourth-order valence-corrected chi connectivity index (χ4v) is 1.59. The van der Waals surface area contributed by atoms with Crippen molar-refractivity contribution in [1.82, 2.24) is 9.97 Å². The van der Waals surface area contributed by atoms with Gasteiger partial charge in [0.15, 0.2) is 0 Å². The van der Waals surface area contributed by atoms with Crippen molar-refractivity contribution in [2.45, 2.75) is 0 Å². The summed E-state index contributed by atoms with van der Waals surface area (Å²) in [6, 6.07) is 5.32. The summed E-state index contributed by atoms with van der Waals surface area (Å²) in [5, 5.41) is 1.22. The van der Waals surface area contributed by atoms with Crippen LogP contribution >= 0.6 is 23.2 Å². The smallest absolute Gasteiger partial charge is 0.345 e. The molecule has 1 heterocycles. The zero-order valence-corrected chi connectivity index (χ0v) is 10.5. The summed E-state index contributed by atoms with van der Waals surface area (Å²) >= 11 is 8.13. The minimum Gasteiger partial charge on any atom is -0.345 e. The van der Waals surface area contributed by atoms with Crippen molar-refractivity contribution in [1.29, 1.82) is 0 Å². The van der Waals surface area contributed by atoms with Crippen LogP contribution in [0.15, 0.2) is 30.6 Å². The van der Waals surface area contributed by atoms with Crippen LogP contribution in [0.25, 0.3) is 11.4 Å². The highest BCUT2D eigenvalue weighted by molar-refractivity contribution is 7.74. The molecule has 1 aromatic heterocycles. The molecule has 0 amide bonds. The molecule has 0 fully saturated rings. The van der Waals surface area contributed by atoms with Crippen LogP contribution < -0.4 is 0 Å². The molecule has 0 saturated carbocycles. The first kappa shape index (κ1) is 14.1. The average Bonchev–Trinajstić information content (AvgIpc) is 2.69. The molecule has 0 aliphatic rings. The Hall–Kier alpha value is -0.980. The van der Waals surface area contributed by atoms with E-state index in [1.807, 2.05) is 6.07 Å². The fourth-order valence-electron chi connectivity index (χ4n) is 1.09. The fraction of sp³-hybridized carbons (Fsp3) is 0. The van der Waals surface area contributed by atoms with Gasteiger partial charge in [0.1, 0.15) is 5.82 Å². The molecular formula is C9H6Cl2F2N2OS. The number of rotatable bonds is 1. The summed E-state index contributed by atoms with van der Waals surface area (Å²) in [5.41, 5.74) is 0.857. The maximum atomic E-state index is 9.81. The number of aromatic nitrogens is 2. The predicted molar refractivity (Wildman–Crippen MR) is 64.4 cm³/mol. The SMILES string of the molecule is Clc1ccc(-c2ncc[nH]2)c(Cl)c1.O=S(F)F. The number of H-pyrrole nitrogens is 1. The predicted octanol–water partition coefficient (Wildman–Crippen LogP) is 3.89. The minimum absolute atomic E-state index is 0.599. The molecular weight excluding hydrogens is 293 g/mol. The summed E-state index contributed by atoms with van der Waals surface area (Å²) in [5.74, 6) is 0.752. The van der Waals surface area contributed by atoms with Crippen molar-refractivity contribution in [3.8, 4) is 11.4 Å². The van der Waals surface area contributed by atoms with Gasteiger partial charge in [-0.25, -0.2) is 4.98 Å². The van der Waals surface area contributed by atoms with Crippen molar-refractivity contribution < 1.29 is 12.0 Å². The maximum Gasteiger partial charge on any atom is 0.385 e. The van der Waals surface area contributed by atoms with Gasteiger partial charge in [-0.2, -0.15) is 4.21 Å². The highest BCUT2D eigenvalue weighted by Crippen LogP contribution is 2.27. The molecule has 0 aliphatic carbocycles. The second kappa shape index (κ2) is 6.68. The minimum atomic E-state index is -3.61. The number of aromatic amines is 1. The summed E-state index contributed by atoms with van der Waals surface area (Å²) in [7, 11) is 0. The van der Waals surface area contributed by atoms with E-state index in [2.05, 4.69) is 9.97 Å². The molecule has 1 aromatic carbocycles. The van der Waals surface area contributed by atoms with E-state index in [0.29, 0.717) is 10.0 Å².